The summed E-state index contributed by atoms with van der Waals surface area (Å²) in [6.45, 7) is 6.35. The molecule has 1 aromatic carbocycles. The number of primary amides is 1. The lowest BCUT2D eigenvalue weighted by Crippen LogP contribution is -2.61. The van der Waals surface area contributed by atoms with Crippen LogP contribution in [0.5, 0.6) is 5.75 Å². The number of hydrogen-bond donors (Lipinski definition) is 15. The van der Waals surface area contributed by atoms with Gasteiger partial charge < -0.3 is 79.7 Å². The van der Waals surface area contributed by atoms with Crippen LogP contribution >= 0.6 is 12.6 Å². The summed E-state index contributed by atoms with van der Waals surface area (Å²) in [5, 5.41) is 55.2. The zero-order valence-electron chi connectivity index (χ0n) is 41.7. The zero-order chi connectivity index (χ0) is 56.0. The minimum Gasteiger partial charge on any atom is -0.508 e. The second kappa shape index (κ2) is 30.8. The van der Waals surface area contributed by atoms with Crippen LogP contribution in [0.25, 0.3) is 0 Å². The fourth-order valence-corrected chi connectivity index (χ4v) is 7.92. The number of aromatic hydroxyl groups is 1. The number of nitrogens with one attached hydrogen (secondary N) is 7. The molecule has 9 atom stereocenters. The molecule has 0 aliphatic carbocycles. The number of phenols is 1. The van der Waals surface area contributed by atoms with Gasteiger partial charge in [-0.3, -0.25) is 52.7 Å². The van der Waals surface area contributed by atoms with Crippen LogP contribution in [0.2, 0.25) is 0 Å². The summed E-state index contributed by atoms with van der Waals surface area (Å²) in [6, 6.07) is -7.62. The minimum atomic E-state index is -1.89. The Kier molecular flexibility index (Phi) is 26.3. The predicted molar refractivity (Wildman–Crippen MR) is 265 cm³/mol. The molecule has 0 aromatic heterocycles. The van der Waals surface area contributed by atoms with Gasteiger partial charge in [0.15, 0.2) is 0 Å². The van der Waals surface area contributed by atoms with Crippen molar-refractivity contribution in [1.29, 1.82) is 0 Å². The third kappa shape index (κ3) is 20.8. The number of carboxylic acids is 3. The molecule has 0 radical (unpaired) electrons. The molecule has 28 heteroatoms. The molecule has 412 valence electrons. The van der Waals surface area contributed by atoms with Crippen LogP contribution in [0.15, 0.2) is 24.3 Å². The van der Waals surface area contributed by atoms with E-state index in [1.807, 2.05) is 0 Å². The summed E-state index contributed by atoms with van der Waals surface area (Å²) in [5.41, 5.74) is 17.6. The quantitative estimate of drug-likeness (QED) is 0.0244. The molecule has 74 heavy (non-hydrogen) atoms. The summed E-state index contributed by atoms with van der Waals surface area (Å²) in [6.07, 6.45) is -1.97. The molecular weight excluding hydrogens is 995 g/mol. The monoisotopic (exact) mass is 1070 g/mol. The number of benzene rings is 1. The molecule has 27 nitrogen and oxygen atoms in total. The van der Waals surface area contributed by atoms with Crippen LogP contribution in [0.1, 0.15) is 91.0 Å². The van der Waals surface area contributed by atoms with E-state index in [4.69, 9.17) is 17.2 Å². The molecule has 1 heterocycles. The highest BCUT2D eigenvalue weighted by Crippen LogP contribution is 2.21. The molecule has 1 aliphatic heterocycles. The average Bonchev–Trinajstić information content (AvgIpc) is 3.82. The maximum Gasteiger partial charge on any atom is 0.326 e. The molecule has 0 unspecified atom stereocenters. The normalized spacial score (nSPS) is 16.4. The van der Waals surface area contributed by atoms with Crippen molar-refractivity contribution in [3.63, 3.8) is 0 Å². The van der Waals surface area contributed by atoms with E-state index in [0.29, 0.717) is 18.4 Å². The highest BCUT2D eigenvalue weighted by molar-refractivity contribution is 7.80. The lowest BCUT2D eigenvalue weighted by Gasteiger charge is -2.31. The Hall–Kier alpha value is -7.07. The van der Waals surface area contributed by atoms with Crippen molar-refractivity contribution in [2.75, 3.05) is 18.8 Å². The number of likely N-dealkylation sites (tertiary alicyclic amines) is 1. The number of unbranched alkanes of at least 4 members (excludes halogenated alkanes) is 1. The van der Waals surface area contributed by atoms with Gasteiger partial charge in [0.25, 0.3) is 0 Å². The highest BCUT2D eigenvalue weighted by atomic mass is 32.1. The first-order valence-corrected chi connectivity index (χ1v) is 24.6. The topological polar surface area (TPSA) is 451 Å². The molecule has 1 saturated heterocycles. The van der Waals surface area contributed by atoms with Crippen LogP contribution in [-0.2, 0) is 64.0 Å². The molecule has 0 spiro atoms. The number of rotatable bonds is 32. The van der Waals surface area contributed by atoms with Crippen molar-refractivity contribution in [3.8, 4) is 5.75 Å². The summed E-state index contributed by atoms with van der Waals surface area (Å²) in [4.78, 5) is 157. The Balaban J connectivity index is 2.29. The van der Waals surface area contributed by atoms with Crippen LogP contribution in [-0.4, -0.2) is 170 Å². The lowest BCUT2D eigenvalue weighted by molar-refractivity contribution is -0.146. The molecule has 17 N–H and O–H groups in total. The first-order chi connectivity index (χ1) is 34.7. The minimum absolute atomic E-state index is 0.00977. The summed E-state index contributed by atoms with van der Waals surface area (Å²) >= 11 is 4.11. The van der Waals surface area contributed by atoms with E-state index in [1.165, 1.54) is 12.1 Å². The van der Waals surface area contributed by atoms with E-state index in [2.05, 4.69) is 49.8 Å². The largest absolute Gasteiger partial charge is 0.508 e. The van der Waals surface area contributed by atoms with Crippen LogP contribution < -0.4 is 54.4 Å². The SMILES string of the molecule is CC(C)[C@H](NC(=O)[C@@H](NC(=O)[C@H](CCC(N)=O)NC(=O)[C@@H]1CCCN1C(=O)[C@H](CC(=O)O)NC(=O)[C@H](CS)NC(=O)[C@H](CC(=O)O)NC(=O)[C@H](CCCCN)NC(=O)[C@@H](N)Cc1ccc(O)cc1)C(C)C)C(=O)O. The summed E-state index contributed by atoms with van der Waals surface area (Å²) in [5.74, 6) is -15.0. The second-order valence-corrected chi connectivity index (χ2v) is 18.8. The van der Waals surface area contributed by atoms with Crippen molar-refractivity contribution in [1.82, 2.24) is 42.1 Å². The van der Waals surface area contributed by atoms with E-state index in [1.54, 1.807) is 39.8 Å². The number of nitrogens with two attached hydrogens (primary N) is 3. The van der Waals surface area contributed by atoms with Gasteiger partial charge in [0.2, 0.25) is 53.2 Å². The van der Waals surface area contributed by atoms with E-state index in [9.17, 15) is 78.0 Å². The van der Waals surface area contributed by atoms with E-state index in [0.717, 1.165) is 4.90 Å². The van der Waals surface area contributed by atoms with Crippen molar-refractivity contribution < 1.29 is 78.0 Å². The maximum absolute atomic E-state index is 14.1. The van der Waals surface area contributed by atoms with Crippen molar-refractivity contribution in [2.45, 2.75) is 146 Å². The van der Waals surface area contributed by atoms with Crippen molar-refractivity contribution in [2.24, 2.45) is 29.0 Å². The van der Waals surface area contributed by atoms with Gasteiger partial charge in [0, 0.05) is 18.7 Å². The van der Waals surface area contributed by atoms with Crippen LogP contribution in [0.3, 0.4) is 0 Å². The number of hydrogen-bond acceptors (Lipinski definition) is 16. The number of carbonyl (C=O) groups excluding carboxylic acids is 9. The van der Waals surface area contributed by atoms with Crippen LogP contribution in [0, 0.1) is 11.8 Å². The van der Waals surface area contributed by atoms with Crippen molar-refractivity contribution >= 4 is 83.7 Å². The Morgan fingerprint density at radius 1 is 0.649 bits per heavy atom. The number of thiol groups is 1. The molecule has 2 rings (SSSR count). The first kappa shape index (κ1) is 63.0. The molecule has 0 saturated carbocycles. The fourth-order valence-electron chi connectivity index (χ4n) is 7.66. The molecule has 1 aromatic rings. The van der Waals surface area contributed by atoms with Gasteiger partial charge >= 0.3 is 17.9 Å². The Bertz CT molecular complexity index is 2180. The number of nitrogens with zero attached hydrogens (tertiary/aromatic N) is 1. The van der Waals surface area contributed by atoms with E-state index >= 15 is 0 Å². The van der Waals surface area contributed by atoms with Gasteiger partial charge in [-0.15, -0.1) is 0 Å². The molecule has 9 amide bonds. The third-order valence-electron chi connectivity index (χ3n) is 11.8. The smallest absolute Gasteiger partial charge is 0.326 e. The van der Waals surface area contributed by atoms with Gasteiger partial charge in [-0.25, -0.2) is 4.79 Å². The molecule has 1 aliphatic rings. The van der Waals surface area contributed by atoms with Gasteiger partial charge in [-0.1, -0.05) is 39.8 Å². The molecular formula is C46H71N11O16S. The lowest BCUT2D eigenvalue weighted by atomic mass is 9.99. The van der Waals surface area contributed by atoms with E-state index in [-0.39, 0.29) is 50.9 Å². The highest BCUT2D eigenvalue weighted by Gasteiger charge is 2.41. The number of aliphatic carboxylic acids is 3. The van der Waals surface area contributed by atoms with Gasteiger partial charge in [0.1, 0.15) is 54.1 Å². The van der Waals surface area contributed by atoms with Gasteiger partial charge in [-0.05, 0) is 81.0 Å². The Labute approximate surface area is 432 Å². The number of phenolic OH excluding ortho intramolecular Hbond substituents is 1. The Morgan fingerprint density at radius 3 is 1.69 bits per heavy atom. The summed E-state index contributed by atoms with van der Waals surface area (Å²) < 4.78 is 0. The zero-order valence-corrected chi connectivity index (χ0v) is 42.6. The van der Waals surface area contributed by atoms with Crippen LogP contribution in [0.4, 0.5) is 0 Å². The Morgan fingerprint density at radius 2 is 1.15 bits per heavy atom. The van der Waals surface area contributed by atoms with E-state index < -0.39 is 162 Å². The molecule has 0 bridgehead atoms. The number of carbonyl (C=O) groups is 12. The number of carboxylic acid groups (broad SMARTS) is 3. The standard InChI is InChI=1S/C46H71N11O16S/c1-22(2)36(44(70)56-37(23(3)4)46(72)73)55-40(66)28(14-15-33(49)59)51-43(69)32-9-7-17-57(32)45(71)30(20-35(62)63)53-42(68)31(21-74)54-41(67)29(19-34(60)61)52-39(65)27(8-5-6-16-47)50-38(64)26(48)18-24-10-12-25(58)13-11-24/h10-13,22-23,26-32,36-37,58,74H,5-9,14-21,47-48H2,1-4H3,(H2,49,59)(H,50,64)(H,51,69)(H,52,65)(H,53,68)(H,54,67)(H,55,66)(H,56,70)(H,60,61)(H,62,63)(H,72,73)/t26-,27-,28-,29-,30-,31-,32-,36-,37-/m0/s1. The van der Waals surface area contributed by atoms with Gasteiger partial charge in [-0.2, -0.15) is 12.6 Å². The van der Waals surface area contributed by atoms with Gasteiger partial charge in [0.05, 0.1) is 18.9 Å². The van der Waals surface area contributed by atoms with Crippen molar-refractivity contribution in [3.05, 3.63) is 29.8 Å². The molecule has 1 fully saturated rings. The summed E-state index contributed by atoms with van der Waals surface area (Å²) in [7, 11) is 0. The maximum atomic E-state index is 14.1. The number of amides is 9. The average molecular weight is 1070 g/mol. The first-order valence-electron chi connectivity index (χ1n) is 23.9. The third-order valence-corrected chi connectivity index (χ3v) is 12.1. The fraction of sp³-hybridized carbons (Fsp3) is 0.609. The second-order valence-electron chi connectivity index (χ2n) is 18.4. The predicted octanol–water partition coefficient (Wildman–Crippen LogP) is -3.68.